The van der Waals surface area contributed by atoms with Gasteiger partial charge >= 0.3 is 11.9 Å². The predicted octanol–water partition coefficient (Wildman–Crippen LogP) is -0.0379. The van der Waals surface area contributed by atoms with Crippen LogP contribution in [0.2, 0.25) is 0 Å². The lowest BCUT2D eigenvalue weighted by atomic mass is 10.2. The van der Waals surface area contributed by atoms with Crippen LogP contribution < -0.4 is 10.6 Å². The molecular weight excluding hydrogens is 292 g/mol. The first-order valence-electron chi connectivity index (χ1n) is 6.27. The zero-order chi connectivity index (χ0) is 16.5. The summed E-state index contributed by atoms with van der Waals surface area (Å²) in [6, 6.07) is 5.61. The number of esters is 1. The minimum atomic E-state index is -1.07. The minimum absolute atomic E-state index is 0.0248. The molecule has 8 nitrogen and oxygen atoms in total. The molecule has 1 amide bonds. The van der Waals surface area contributed by atoms with E-state index < -0.39 is 17.8 Å². The normalized spacial score (nSPS) is 10.7. The first-order chi connectivity index (χ1) is 10.5. The molecule has 1 aromatic rings. The maximum absolute atomic E-state index is 11.9. The van der Waals surface area contributed by atoms with Crippen molar-refractivity contribution in [3.63, 3.8) is 0 Å². The number of aliphatic hydroxyl groups is 1. The molecule has 0 spiro atoms. The van der Waals surface area contributed by atoms with Crippen molar-refractivity contribution in [2.45, 2.75) is 0 Å². The standard InChI is InChI=1S/C14H16N2O6/c1-22-12(18)8-11(13(19)15-6-7-17)16-10-4-2-9(3-5-10)14(20)21/h2-5,8,16-17H,6-7H2,1H3,(H,15,19)(H,20,21). The molecule has 0 aliphatic rings. The molecular formula is C14H16N2O6. The number of hydrogen-bond donors (Lipinski definition) is 4. The summed E-state index contributed by atoms with van der Waals surface area (Å²) >= 11 is 0. The molecule has 0 saturated heterocycles. The molecule has 0 aromatic heterocycles. The van der Waals surface area contributed by atoms with Gasteiger partial charge in [0.05, 0.1) is 25.4 Å². The first-order valence-corrected chi connectivity index (χ1v) is 6.27. The lowest BCUT2D eigenvalue weighted by Gasteiger charge is -2.11. The Balaban J connectivity index is 2.92. The van der Waals surface area contributed by atoms with Crippen molar-refractivity contribution in [1.82, 2.24) is 5.32 Å². The molecule has 0 unspecified atom stereocenters. The number of carboxylic acids is 1. The fourth-order valence-corrected chi connectivity index (χ4v) is 1.45. The molecule has 1 aromatic carbocycles. The number of amides is 1. The van der Waals surface area contributed by atoms with Gasteiger partial charge in [0.25, 0.3) is 5.91 Å². The molecule has 0 aliphatic heterocycles. The first kappa shape index (κ1) is 17.2. The zero-order valence-electron chi connectivity index (χ0n) is 11.8. The number of benzene rings is 1. The summed E-state index contributed by atoms with van der Waals surface area (Å²) in [4.78, 5) is 33.9. The van der Waals surface area contributed by atoms with Crippen LogP contribution in [0.4, 0.5) is 5.69 Å². The molecule has 0 saturated carbocycles. The van der Waals surface area contributed by atoms with Gasteiger partial charge in [0.15, 0.2) is 0 Å². The number of carbonyl (C=O) groups is 3. The molecule has 0 atom stereocenters. The lowest BCUT2D eigenvalue weighted by molar-refractivity contribution is -0.135. The van der Waals surface area contributed by atoms with Crippen molar-refractivity contribution >= 4 is 23.5 Å². The molecule has 0 fully saturated rings. The molecule has 0 aliphatic carbocycles. The maximum atomic E-state index is 11.9. The smallest absolute Gasteiger partial charge is 0.335 e. The van der Waals surface area contributed by atoms with E-state index in [0.717, 1.165) is 6.08 Å². The van der Waals surface area contributed by atoms with E-state index in [4.69, 9.17) is 10.2 Å². The second-order valence-electron chi connectivity index (χ2n) is 4.07. The van der Waals surface area contributed by atoms with Crippen LogP contribution in [0.15, 0.2) is 36.0 Å². The lowest BCUT2D eigenvalue weighted by Crippen LogP contribution is -2.31. The van der Waals surface area contributed by atoms with Crippen molar-refractivity contribution in [3.05, 3.63) is 41.6 Å². The second-order valence-corrected chi connectivity index (χ2v) is 4.07. The molecule has 0 bridgehead atoms. The summed E-state index contributed by atoms with van der Waals surface area (Å²) < 4.78 is 4.46. The Morgan fingerprint density at radius 2 is 1.86 bits per heavy atom. The van der Waals surface area contributed by atoms with Crippen LogP contribution in [-0.4, -0.2) is 48.3 Å². The van der Waals surface area contributed by atoms with E-state index in [2.05, 4.69) is 15.4 Å². The average Bonchev–Trinajstić information content (AvgIpc) is 2.52. The van der Waals surface area contributed by atoms with Gasteiger partial charge in [-0.2, -0.15) is 0 Å². The van der Waals surface area contributed by atoms with Gasteiger partial charge < -0.3 is 25.6 Å². The number of nitrogens with one attached hydrogen (secondary N) is 2. The fraction of sp³-hybridized carbons (Fsp3) is 0.214. The van der Waals surface area contributed by atoms with Gasteiger partial charge in [0, 0.05) is 12.2 Å². The van der Waals surface area contributed by atoms with Crippen LogP contribution in [0.3, 0.4) is 0 Å². The Bertz CT molecular complexity index is 580. The third-order valence-electron chi connectivity index (χ3n) is 2.52. The van der Waals surface area contributed by atoms with Crippen molar-refractivity contribution < 1.29 is 29.3 Å². The van der Waals surface area contributed by atoms with Gasteiger partial charge in [-0.25, -0.2) is 9.59 Å². The molecule has 0 heterocycles. The number of ether oxygens (including phenoxy) is 1. The Hall–Kier alpha value is -2.87. The largest absolute Gasteiger partial charge is 0.478 e. The fourth-order valence-electron chi connectivity index (χ4n) is 1.45. The second kappa shape index (κ2) is 8.42. The van der Waals surface area contributed by atoms with Gasteiger partial charge in [-0.05, 0) is 24.3 Å². The quantitative estimate of drug-likeness (QED) is 0.411. The van der Waals surface area contributed by atoms with Crippen LogP contribution in [0, 0.1) is 0 Å². The summed E-state index contributed by atoms with van der Waals surface area (Å²) in [5, 5.41) is 22.6. The minimum Gasteiger partial charge on any atom is -0.478 e. The van der Waals surface area contributed by atoms with Crippen molar-refractivity contribution in [2.75, 3.05) is 25.6 Å². The Kier molecular flexibility index (Phi) is 6.58. The van der Waals surface area contributed by atoms with E-state index in [0.29, 0.717) is 5.69 Å². The number of rotatable bonds is 7. The van der Waals surface area contributed by atoms with Gasteiger partial charge in [-0.15, -0.1) is 0 Å². The van der Waals surface area contributed by atoms with Crippen molar-refractivity contribution in [1.29, 1.82) is 0 Å². The van der Waals surface area contributed by atoms with Crippen molar-refractivity contribution in [2.24, 2.45) is 0 Å². The number of carboxylic acid groups (broad SMARTS) is 1. The zero-order valence-corrected chi connectivity index (χ0v) is 11.8. The molecule has 1 rings (SSSR count). The van der Waals surface area contributed by atoms with Gasteiger partial charge in [-0.1, -0.05) is 0 Å². The molecule has 4 N–H and O–H groups in total. The molecule has 0 radical (unpaired) electrons. The number of anilines is 1. The number of hydrogen-bond acceptors (Lipinski definition) is 6. The number of aromatic carboxylic acids is 1. The topological polar surface area (TPSA) is 125 Å². The van der Waals surface area contributed by atoms with Crippen LogP contribution in [0.5, 0.6) is 0 Å². The van der Waals surface area contributed by atoms with Crippen LogP contribution >= 0.6 is 0 Å². The van der Waals surface area contributed by atoms with Crippen LogP contribution in [0.1, 0.15) is 10.4 Å². The monoisotopic (exact) mass is 308 g/mol. The van der Waals surface area contributed by atoms with Crippen LogP contribution in [0.25, 0.3) is 0 Å². The van der Waals surface area contributed by atoms with Gasteiger partial charge in [0.2, 0.25) is 0 Å². The Morgan fingerprint density at radius 1 is 1.23 bits per heavy atom. The Labute approximate surface area is 126 Å². The summed E-state index contributed by atoms with van der Waals surface area (Å²) in [6.07, 6.45) is 0.956. The maximum Gasteiger partial charge on any atom is 0.335 e. The third kappa shape index (κ3) is 5.25. The number of aliphatic hydroxyl groups excluding tert-OH is 1. The molecule has 22 heavy (non-hydrogen) atoms. The molecule has 8 heteroatoms. The predicted molar refractivity (Wildman–Crippen MR) is 77.2 cm³/mol. The van der Waals surface area contributed by atoms with E-state index in [9.17, 15) is 14.4 Å². The highest BCUT2D eigenvalue weighted by Crippen LogP contribution is 2.12. The highest BCUT2D eigenvalue weighted by Gasteiger charge is 2.12. The van der Waals surface area contributed by atoms with E-state index in [1.54, 1.807) is 0 Å². The average molecular weight is 308 g/mol. The highest BCUT2D eigenvalue weighted by molar-refractivity contribution is 6.01. The van der Waals surface area contributed by atoms with E-state index in [1.807, 2.05) is 0 Å². The number of carbonyl (C=O) groups excluding carboxylic acids is 2. The summed E-state index contributed by atoms with van der Waals surface area (Å²) in [7, 11) is 1.17. The summed E-state index contributed by atoms with van der Waals surface area (Å²) in [5.41, 5.74) is 0.413. The van der Waals surface area contributed by atoms with E-state index in [1.165, 1.54) is 31.4 Å². The number of methoxy groups -OCH3 is 1. The van der Waals surface area contributed by atoms with Crippen molar-refractivity contribution in [3.8, 4) is 0 Å². The third-order valence-corrected chi connectivity index (χ3v) is 2.52. The van der Waals surface area contributed by atoms with Gasteiger partial charge in [0.1, 0.15) is 5.70 Å². The summed E-state index contributed by atoms with van der Waals surface area (Å²) in [5.74, 6) is -2.41. The van der Waals surface area contributed by atoms with Gasteiger partial charge in [-0.3, -0.25) is 4.79 Å². The van der Waals surface area contributed by atoms with Crippen LogP contribution in [-0.2, 0) is 14.3 Å². The molecule has 118 valence electrons. The highest BCUT2D eigenvalue weighted by atomic mass is 16.5. The SMILES string of the molecule is COC(=O)C=C(Nc1ccc(C(=O)O)cc1)C(=O)NCCO. The van der Waals surface area contributed by atoms with E-state index >= 15 is 0 Å². The Morgan fingerprint density at radius 3 is 2.36 bits per heavy atom. The summed E-state index contributed by atoms with van der Waals surface area (Å²) in [6.45, 7) is -0.221. The van der Waals surface area contributed by atoms with E-state index in [-0.39, 0.29) is 24.4 Å².